The molecule has 3 heteroatoms. The summed E-state index contributed by atoms with van der Waals surface area (Å²) < 4.78 is 11.3. The fourth-order valence-electron chi connectivity index (χ4n) is 2.32. The minimum Gasteiger partial charge on any atom is -0.493 e. The Morgan fingerprint density at radius 3 is 3.11 bits per heavy atom. The smallest absolute Gasteiger partial charge is 0.153 e. The van der Waals surface area contributed by atoms with Gasteiger partial charge in [-0.15, -0.1) is 0 Å². The van der Waals surface area contributed by atoms with Crippen LogP contribution in [0.3, 0.4) is 0 Å². The lowest BCUT2D eigenvalue weighted by Crippen LogP contribution is -2.08. The van der Waals surface area contributed by atoms with Gasteiger partial charge in [0, 0.05) is 6.61 Å². The van der Waals surface area contributed by atoms with E-state index in [1.807, 2.05) is 19.1 Å². The van der Waals surface area contributed by atoms with E-state index in [0.29, 0.717) is 18.3 Å². The fourth-order valence-corrected chi connectivity index (χ4v) is 2.32. The normalized spacial score (nSPS) is 18.8. The van der Waals surface area contributed by atoms with E-state index in [2.05, 4.69) is 0 Å². The molecule has 1 saturated heterocycles. The van der Waals surface area contributed by atoms with Gasteiger partial charge in [-0.1, -0.05) is 12.1 Å². The molecule has 1 aromatic rings. The summed E-state index contributed by atoms with van der Waals surface area (Å²) in [6.45, 7) is 3.51. The van der Waals surface area contributed by atoms with E-state index in [9.17, 15) is 4.79 Å². The van der Waals surface area contributed by atoms with Gasteiger partial charge >= 0.3 is 0 Å². The third-order valence-electron chi connectivity index (χ3n) is 3.31. The number of carbonyl (C=O) groups is 1. The van der Waals surface area contributed by atoms with E-state index in [1.165, 1.54) is 12.8 Å². The van der Waals surface area contributed by atoms with Crippen molar-refractivity contribution in [3.63, 3.8) is 0 Å². The summed E-state index contributed by atoms with van der Waals surface area (Å²) >= 11 is 0. The molecule has 1 fully saturated rings. The first-order chi connectivity index (χ1) is 8.81. The Labute approximate surface area is 108 Å². The molecule has 0 aliphatic carbocycles. The molecule has 1 aromatic carbocycles. The van der Waals surface area contributed by atoms with Gasteiger partial charge in [0.25, 0.3) is 0 Å². The minimum absolute atomic E-state index is 0.413. The molecular formula is C15H20O3. The Kier molecular flexibility index (Phi) is 4.76. The van der Waals surface area contributed by atoms with E-state index < -0.39 is 0 Å². The zero-order chi connectivity index (χ0) is 12.8. The number of para-hydroxylation sites is 1. The molecule has 0 radical (unpaired) electrons. The number of benzene rings is 1. The zero-order valence-corrected chi connectivity index (χ0v) is 10.9. The number of ether oxygens (including phenoxy) is 2. The first kappa shape index (κ1) is 13.1. The van der Waals surface area contributed by atoms with Gasteiger partial charge in [-0.25, -0.2) is 0 Å². The van der Waals surface area contributed by atoms with Gasteiger partial charge < -0.3 is 9.47 Å². The zero-order valence-electron chi connectivity index (χ0n) is 10.9. The molecule has 0 aromatic heterocycles. The molecule has 0 amide bonds. The van der Waals surface area contributed by atoms with Crippen LogP contribution in [-0.4, -0.2) is 25.6 Å². The molecule has 1 heterocycles. The molecule has 0 bridgehead atoms. The Hall–Kier alpha value is -1.35. The highest BCUT2D eigenvalue weighted by molar-refractivity contribution is 5.80. The van der Waals surface area contributed by atoms with Gasteiger partial charge in [-0.3, -0.25) is 4.79 Å². The summed E-state index contributed by atoms with van der Waals surface area (Å²) in [6.07, 6.45) is 5.63. The van der Waals surface area contributed by atoms with Gasteiger partial charge in [0.15, 0.2) is 6.29 Å². The Morgan fingerprint density at radius 2 is 2.39 bits per heavy atom. The van der Waals surface area contributed by atoms with E-state index in [-0.39, 0.29) is 0 Å². The molecule has 3 nitrogen and oxygen atoms in total. The molecule has 0 saturated carbocycles. The number of rotatable bonds is 6. The van der Waals surface area contributed by atoms with Crippen molar-refractivity contribution in [1.82, 2.24) is 0 Å². The lowest BCUT2D eigenvalue weighted by atomic mass is 10.1. The van der Waals surface area contributed by atoms with Crippen LogP contribution in [0.4, 0.5) is 0 Å². The number of aryl methyl sites for hydroxylation is 1. The molecule has 98 valence electrons. The maximum Gasteiger partial charge on any atom is 0.153 e. The summed E-state index contributed by atoms with van der Waals surface area (Å²) in [7, 11) is 0. The molecule has 1 atom stereocenters. The van der Waals surface area contributed by atoms with Crippen molar-refractivity contribution in [1.29, 1.82) is 0 Å². The average molecular weight is 248 g/mol. The molecule has 1 aliphatic heterocycles. The highest BCUT2D eigenvalue weighted by Gasteiger charge is 2.14. The van der Waals surface area contributed by atoms with Crippen molar-refractivity contribution in [3.8, 4) is 5.75 Å². The standard InChI is InChI=1S/C15H20O3/c1-12-5-2-6-13(11-16)15(12)18-10-4-8-14-7-3-9-17-14/h2,5-6,11,14H,3-4,7-10H2,1H3. The number of aldehydes is 1. The summed E-state index contributed by atoms with van der Waals surface area (Å²) in [4.78, 5) is 10.9. The maximum absolute atomic E-state index is 10.9. The molecule has 18 heavy (non-hydrogen) atoms. The van der Waals surface area contributed by atoms with E-state index in [4.69, 9.17) is 9.47 Å². The number of carbonyl (C=O) groups excluding carboxylic acids is 1. The summed E-state index contributed by atoms with van der Waals surface area (Å²) in [5.41, 5.74) is 1.64. The highest BCUT2D eigenvalue weighted by Crippen LogP contribution is 2.23. The second kappa shape index (κ2) is 6.55. The summed E-state index contributed by atoms with van der Waals surface area (Å²) in [5.74, 6) is 0.722. The van der Waals surface area contributed by atoms with E-state index in [1.54, 1.807) is 6.07 Å². The van der Waals surface area contributed by atoms with Crippen LogP contribution >= 0.6 is 0 Å². The van der Waals surface area contributed by atoms with Crippen LogP contribution in [0.2, 0.25) is 0 Å². The Morgan fingerprint density at radius 1 is 1.50 bits per heavy atom. The lowest BCUT2D eigenvalue weighted by Gasteiger charge is -2.12. The van der Waals surface area contributed by atoms with Crippen LogP contribution in [-0.2, 0) is 4.74 Å². The largest absolute Gasteiger partial charge is 0.493 e. The predicted molar refractivity (Wildman–Crippen MR) is 70.3 cm³/mol. The van der Waals surface area contributed by atoms with Crippen LogP contribution < -0.4 is 4.74 Å². The van der Waals surface area contributed by atoms with Crippen LogP contribution in [0.15, 0.2) is 18.2 Å². The van der Waals surface area contributed by atoms with Gasteiger partial charge in [0.2, 0.25) is 0 Å². The monoisotopic (exact) mass is 248 g/mol. The molecular weight excluding hydrogens is 228 g/mol. The molecule has 1 unspecified atom stereocenters. The van der Waals surface area contributed by atoms with Crippen LogP contribution in [0.25, 0.3) is 0 Å². The first-order valence-corrected chi connectivity index (χ1v) is 6.60. The molecule has 1 aliphatic rings. The average Bonchev–Trinajstić information content (AvgIpc) is 2.89. The summed E-state index contributed by atoms with van der Waals surface area (Å²) in [6, 6.07) is 5.62. The quantitative estimate of drug-likeness (QED) is 0.573. The minimum atomic E-state index is 0.413. The second-order valence-electron chi connectivity index (χ2n) is 4.74. The maximum atomic E-state index is 10.9. The van der Waals surface area contributed by atoms with Gasteiger partial charge in [-0.2, -0.15) is 0 Å². The third kappa shape index (κ3) is 3.33. The van der Waals surface area contributed by atoms with Crippen molar-refractivity contribution in [2.24, 2.45) is 0 Å². The predicted octanol–water partition coefficient (Wildman–Crippen LogP) is 3.15. The van der Waals surface area contributed by atoms with Crippen molar-refractivity contribution < 1.29 is 14.3 Å². The van der Waals surface area contributed by atoms with E-state index >= 15 is 0 Å². The first-order valence-electron chi connectivity index (χ1n) is 6.60. The van der Waals surface area contributed by atoms with Crippen LogP contribution in [0, 0.1) is 6.92 Å². The molecule has 2 rings (SSSR count). The fraction of sp³-hybridized carbons (Fsp3) is 0.533. The van der Waals surface area contributed by atoms with Crippen LogP contribution in [0.1, 0.15) is 41.6 Å². The van der Waals surface area contributed by atoms with E-state index in [0.717, 1.165) is 37.0 Å². The van der Waals surface area contributed by atoms with Crippen molar-refractivity contribution >= 4 is 6.29 Å². The van der Waals surface area contributed by atoms with Gasteiger partial charge in [-0.05, 0) is 44.2 Å². The summed E-state index contributed by atoms with van der Waals surface area (Å²) in [5, 5.41) is 0. The third-order valence-corrected chi connectivity index (χ3v) is 3.31. The number of hydrogen-bond acceptors (Lipinski definition) is 3. The SMILES string of the molecule is Cc1cccc(C=O)c1OCCCC1CCCO1. The van der Waals surface area contributed by atoms with Crippen molar-refractivity contribution in [3.05, 3.63) is 29.3 Å². The van der Waals surface area contributed by atoms with Gasteiger partial charge in [0.05, 0.1) is 18.3 Å². The Bertz CT molecular complexity index is 395. The number of hydrogen-bond donors (Lipinski definition) is 0. The lowest BCUT2D eigenvalue weighted by molar-refractivity contribution is 0.0978. The second-order valence-corrected chi connectivity index (χ2v) is 4.74. The highest BCUT2D eigenvalue weighted by atomic mass is 16.5. The molecule has 0 spiro atoms. The molecule has 0 N–H and O–H groups in total. The Balaban J connectivity index is 1.80. The topological polar surface area (TPSA) is 35.5 Å². The van der Waals surface area contributed by atoms with Crippen molar-refractivity contribution in [2.75, 3.05) is 13.2 Å². The van der Waals surface area contributed by atoms with Crippen LogP contribution in [0.5, 0.6) is 5.75 Å². The van der Waals surface area contributed by atoms with Gasteiger partial charge in [0.1, 0.15) is 5.75 Å². The van der Waals surface area contributed by atoms with Crippen molar-refractivity contribution in [2.45, 2.75) is 38.7 Å².